The molecule has 0 amide bonds. The SMILES string of the molecule is Cc1cc(NC(=S)N[C@H](C)c2ccccc2)ncc1Cl. The Morgan fingerprint density at radius 3 is 2.65 bits per heavy atom. The number of aryl methyl sites for hydroxylation is 1. The van der Waals surface area contributed by atoms with Crippen LogP contribution in [-0.4, -0.2) is 10.1 Å². The topological polar surface area (TPSA) is 37.0 Å². The van der Waals surface area contributed by atoms with Gasteiger partial charge in [0.2, 0.25) is 0 Å². The van der Waals surface area contributed by atoms with Crippen LogP contribution >= 0.6 is 23.8 Å². The zero-order chi connectivity index (χ0) is 14.5. The van der Waals surface area contributed by atoms with E-state index in [1.54, 1.807) is 6.20 Å². The van der Waals surface area contributed by atoms with Gasteiger partial charge in [0.25, 0.3) is 0 Å². The smallest absolute Gasteiger partial charge is 0.172 e. The van der Waals surface area contributed by atoms with Crippen molar-refractivity contribution in [1.82, 2.24) is 10.3 Å². The van der Waals surface area contributed by atoms with Gasteiger partial charge in [-0.3, -0.25) is 0 Å². The number of anilines is 1. The largest absolute Gasteiger partial charge is 0.356 e. The van der Waals surface area contributed by atoms with Crippen molar-refractivity contribution in [1.29, 1.82) is 0 Å². The lowest BCUT2D eigenvalue weighted by Crippen LogP contribution is -2.31. The lowest BCUT2D eigenvalue weighted by molar-refractivity contribution is 0.722. The van der Waals surface area contributed by atoms with E-state index < -0.39 is 0 Å². The monoisotopic (exact) mass is 305 g/mol. The lowest BCUT2D eigenvalue weighted by Gasteiger charge is -2.17. The number of benzene rings is 1. The van der Waals surface area contributed by atoms with E-state index in [9.17, 15) is 0 Å². The van der Waals surface area contributed by atoms with Gasteiger partial charge < -0.3 is 10.6 Å². The Kier molecular flexibility index (Phi) is 4.93. The number of pyridine rings is 1. The van der Waals surface area contributed by atoms with E-state index in [0.29, 0.717) is 16.0 Å². The third-order valence-corrected chi connectivity index (χ3v) is 3.55. The van der Waals surface area contributed by atoms with Crippen LogP contribution in [0.1, 0.15) is 24.1 Å². The molecular formula is C15H16ClN3S. The van der Waals surface area contributed by atoms with Gasteiger partial charge in [0.15, 0.2) is 5.11 Å². The Hall–Kier alpha value is -1.65. The minimum Gasteiger partial charge on any atom is -0.356 e. The molecule has 2 N–H and O–H groups in total. The van der Waals surface area contributed by atoms with Crippen molar-refractivity contribution in [2.45, 2.75) is 19.9 Å². The summed E-state index contributed by atoms with van der Waals surface area (Å²) in [5.41, 5.74) is 2.14. The van der Waals surface area contributed by atoms with E-state index in [-0.39, 0.29) is 6.04 Å². The predicted octanol–water partition coefficient (Wildman–Crippen LogP) is 4.09. The molecule has 104 valence electrons. The van der Waals surface area contributed by atoms with E-state index in [1.165, 1.54) is 5.56 Å². The Labute approximate surface area is 129 Å². The number of halogens is 1. The third-order valence-electron chi connectivity index (χ3n) is 2.94. The number of thiocarbonyl (C=S) groups is 1. The van der Waals surface area contributed by atoms with E-state index in [4.69, 9.17) is 23.8 Å². The molecule has 0 bridgehead atoms. The highest BCUT2D eigenvalue weighted by Crippen LogP contribution is 2.17. The predicted molar refractivity (Wildman–Crippen MR) is 88.2 cm³/mol. The van der Waals surface area contributed by atoms with Gasteiger partial charge in [-0.25, -0.2) is 4.98 Å². The van der Waals surface area contributed by atoms with Crippen molar-refractivity contribution in [3.63, 3.8) is 0 Å². The summed E-state index contributed by atoms with van der Waals surface area (Å²) in [7, 11) is 0. The van der Waals surface area contributed by atoms with E-state index in [2.05, 4.69) is 34.7 Å². The summed E-state index contributed by atoms with van der Waals surface area (Å²) in [6, 6.07) is 12.1. The van der Waals surface area contributed by atoms with Crippen LogP contribution in [0.2, 0.25) is 5.02 Å². The molecule has 1 atom stereocenters. The summed E-state index contributed by atoms with van der Waals surface area (Å²) in [4.78, 5) is 4.19. The summed E-state index contributed by atoms with van der Waals surface area (Å²) in [5, 5.41) is 7.47. The molecule has 1 heterocycles. The van der Waals surface area contributed by atoms with Crippen LogP contribution < -0.4 is 10.6 Å². The number of hydrogen-bond donors (Lipinski definition) is 2. The van der Waals surface area contributed by atoms with Gasteiger partial charge in [-0.15, -0.1) is 0 Å². The molecular weight excluding hydrogens is 290 g/mol. The highest BCUT2D eigenvalue weighted by molar-refractivity contribution is 7.80. The van der Waals surface area contributed by atoms with Crippen LogP contribution in [0.4, 0.5) is 5.82 Å². The normalized spacial score (nSPS) is 11.8. The summed E-state index contributed by atoms with van der Waals surface area (Å²) in [5.74, 6) is 0.685. The van der Waals surface area contributed by atoms with Gasteiger partial charge in [-0.1, -0.05) is 41.9 Å². The van der Waals surface area contributed by atoms with Gasteiger partial charge in [0.1, 0.15) is 5.82 Å². The van der Waals surface area contributed by atoms with Crippen LogP contribution in [0.5, 0.6) is 0 Å². The molecule has 0 saturated carbocycles. The molecule has 2 aromatic rings. The molecule has 0 aliphatic carbocycles. The van der Waals surface area contributed by atoms with E-state index in [1.807, 2.05) is 31.2 Å². The first-order valence-corrected chi connectivity index (χ1v) is 7.09. The van der Waals surface area contributed by atoms with Crippen molar-refractivity contribution >= 4 is 34.7 Å². The molecule has 2 rings (SSSR count). The van der Waals surface area contributed by atoms with Crippen molar-refractivity contribution in [2.75, 3.05) is 5.32 Å². The summed E-state index contributed by atoms with van der Waals surface area (Å²) in [6.07, 6.45) is 1.61. The van der Waals surface area contributed by atoms with Crippen LogP contribution in [0.25, 0.3) is 0 Å². The molecule has 0 aliphatic rings. The second kappa shape index (κ2) is 6.68. The third kappa shape index (κ3) is 3.92. The molecule has 0 spiro atoms. The number of nitrogens with zero attached hydrogens (tertiary/aromatic N) is 1. The maximum absolute atomic E-state index is 5.94. The molecule has 0 aliphatic heterocycles. The molecule has 0 unspecified atom stereocenters. The fourth-order valence-electron chi connectivity index (χ4n) is 1.78. The second-order valence-corrected chi connectivity index (χ2v) is 5.37. The summed E-state index contributed by atoms with van der Waals surface area (Å²) < 4.78 is 0. The molecule has 0 fully saturated rings. The van der Waals surface area contributed by atoms with Crippen LogP contribution in [0.15, 0.2) is 42.6 Å². The molecule has 3 nitrogen and oxygen atoms in total. The molecule has 1 aromatic carbocycles. The van der Waals surface area contributed by atoms with Crippen molar-refractivity contribution in [3.05, 3.63) is 58.7 Å². The van der Waals surface area contributed by atoms with Crippen molar-refractivity contribution in [3.8, 4) is 0 Å². The fourth-order valence-corrected chi connectivity index (χ4v) is 2.17. The lowest BCUT2D eigenvalue weighted by atomic mass is 10.1. The average molecular weight is 306 g/mol. The first-order chi connectivity index (χ1) is 9.56. The average Bonchev–Trinajstić information content (AvgIpc) is 2.44. The summed E-state index contributed by atoms with van der Waals surface area (Å²) >= 11 is 11.2. The number of nitrogens with one attached hydrogen (secondary N) is 2. The van der Waals surface area contributed by atoms with Crippen molar-refractivity contribution in [2.24, 2.45) is 0 Å². The van der Waals surface area contributed by atoms with Crippen LogP contribution in [0.3, 0.4) is 0 Å². The maximum Gasteiger partial charge on any atom is 0.172 e. The first kappa shape index (κ1) is 14.8. The van der Waals surface area contributed by atoms with Gasteiger partial charge in [0, 0.05) is 6.20 Å². The van der Waals surface area contributed by atoms with Gasteiger partial charge in [0.05, 0.1) is 11.1 Å². The minimum atomic E-state index is 0.129. The minimum absolute atomic E-state index is 0.129. The molecule has 20 heavy (non-hydrogen) atoms. The van der Waals surface area contributed by atoms with E-state index >= 15 is 0 Å². The Morgan fingerprint density at radius 2 is 2.00 bits per heavy atom. The zero-order valence-corrected chi connectivity index (χ0v) is 12.9. The maximum atomic E-state index is 5.94. The first-order valence-electron chi connectivity index (χ1n) is 6.31. The fraction of sp³-hybridized carbons (Fsp3) is 0.200. The van der Waals surface area contributed by atoms with Crippen molar-refractivity contribution < 1.29 is 0 Å². The second-order valence-electron chi connectivity index (χ2n) is 4.55. The number of aromatic nitrogens is 1. The Balaban J connectivity index is 1.97. The molecule has 1 aromatic heterocycles. The van der Waals surface area contributed by atoms with Crippen LogP contribution in [0, 0.1) is 6.92 Å². The Bertz CT molecular complexity index is 601. The van der Waals surface area contributed by atoms with Gasteiger partial charge >= 0.3 is 0 Å². The molecule has 0 saturated heterocycles. The standard InChI is InChI=1S/C15H16ClN3S/c1-10-8-14(17-9-13(10)16)19-15(20)18-11(2)12-6-4-3-5-7-12/h3-9,11H,1-2H3,(H2,17,18,19,20)/t11-/m1/s1. The summed E-state index contributed by atoms with van der Waals surface area (Å²) in [6.45, 7) is 3.99. The van der Waals surface area contributed by atoms with Gasteiger partial charge in [-0.2, -0.15) is 0 Å². The Morgan fingerprint density at radius 1 is 1.30 bits per heavy atom. The zero-order valence-electron chi connectivity index (χ0n) is 11.4. The highest BCUT2D eigenvalue weighted by Gasteiger charge is 2.07. The van der Waals surface area contributed by atoms with Crippen LogP contribution in [-0.2, 0) is 0 Å². The van der Waals surface area contributed by atoms with E-state index in [0.717, 1.165) is 5.56 Å². The highest BCUT2D eigenvalue weighted by atomic mass is 35.5. The molecule has 0 radical (unpaired) electrons. The van der Waals surface area contributed by atoms with Gasteiger partial charge in [-0.05, 0) is 43.3 Å². The quantitative estimate of drug-likeness (QED) is 0.838. The number of rotatable bonds is 3. The molecule has 5 heteroatoms. The number of hydrogen-bond acceptors (Lipinski definition) is 2.